The van der Waals surface area contributed by atoms with Gasteiger partial charge in [-0.25, -0.2) is 4.39 Å². The van der Waals surface area contributed by atoms with Crippen molar-refractivity contribution in [3.63, 3.8) is 0 Å². The maximum absolute atomic E-state index is 13.1. The fraction of sp³-hybridized carbons (Fsp3) is 0.200. The summed E-state index contributed by atoms with van der Waals surface area (Å²) < 4.78 is 13.1. The highest BCUT2D eigenvalue weighted by Gasteiger charge is 2.06. The van der Waals surface area contributed by atoms with Gasteiger partial charge in [-0.1, -0.05) is 35.8 Å². The van der Waals surface area contributed by atoms with Crippen LogP contribution in [-0.4, -0.2) is 0 Å². The summed E-state index contributed by atoms with van der Waals surface area (Å²) in [4.78, 5) is 0. The second kappa shape index (κ2) is 4.64. The Morgan fingerprint density at radius 1 is 1.46 bits per heavy atom. The fourth-order valence-electron chi connectivity index (χ4n) is 1.03. The Bertz CT molecular complexity index is 300. The highest BCUT2D eigenvalue weighted by Crippen LogP contribution is 2.22. The minimum atomic E-state index is -0.287. The largest absolute Gasteiger partial charge is 0.207 e. The van der Waals surface area contributed by atoms with E-state index in [-0.39, 0.29) is 5.82 Å². The third-order valence-electron chi connectivity index (χ3n) is 1.71. The molecule has 0 aliphatic carbocycles. The summed E-state index contributed by atoms with van der Waals surface area (Å²) in [5, 5.41) is 0.956. The number of benzene rings is 1. The molecule has 0 aliphatic rings. The lowest BCUT2D eigenvalue weighted by atomic mass is 10.1. The van der Waals surface area contributed by atoms with Gasteiger partial charge in [0.25, 0.3) is 0 Å². The maximum atomic E-state index is 13.1. The molecule has 3 heteroatoms. The van der Waals surface area contributed by atoms with E-state index in [9.17, 15) is 4.39 Å². The highest BCUT2D eigenvalue weighted by atomic mass is 35.5. The Hall–Kier alpha value is -0.530. The van der Waals surface area contributed by atoms with E-state index < -0.39 is 0 Å². The number of rotatable bonds is 3. The van der Waals surface area contributed by atoms with Crippen molar-refractivity contribution in [2.45, 2.75) is 12.8 Å². The number of allylic oxidation sites excluding steroid dienone is 1. The molecule has 0 amide bonds. The normalized spacial score (nSPS) is 10.1. The molecule has 0 bridgehead atoms. The van der Waals surface area contributed by atoms with Crippen LogP contribution < -0.4 is 0 Å². The van der Waals surface area contributed by atoms with Crippen LogP contribution in [-0.2, 0) is 6.42 Å². The standard InChI is InChI=1S/C10H9Cl2F/c1-7(11)5-6-8-9(12)3-2-4-10(8)13/h2-4H,1,5-6H2. The van der Waals surface area contributed by atoms with E-state index in [1.165, 1.54) is 6.07 Å². The Morgan fingerprint density at radius 2 is 2.15 bits per heavy atom. The smallest absolute Gasteiger partial charge is 0.127 e. The molecule has 0 saturated carbocycles. The lowest BCUT2D eigenvalue weighted by Gasteiger charge is -2.04. The molecule has 0 unspecified atom stereocenters. The van der Waals surface area contributed by atoms with Crippen LogP contribution in [0.2, 0.25) is 5.02 Å². The molecule has 0 aliphatic heterocycles. The van der Waals surface area contributed by atoms with Gasteiger partial charge in [0.1, 0.15) is 5.82 Å². The minimum Gasteiger partial charge on any atom is -0.207 e. The summed E-state index contributed by atoms with van der Waals surface area (Å²) in [5.74, 6) is -0.287. The predicted molar refractivity (Wildman–Crippen MR) is 54.7 cm³/mol. The van der Waals surface area contributed by atoms with Crippen LogP contribution in [0.3, 0.4) is 0 Å². The Balaban J connectivity index is 2.81. The quantitative estimate of drug-likeness (QED) is 0.715. The van der Waals surface area contributed by atoms with Gasteiger partial charge in [-0.2, -0.15) is 0 Å². The summed E-state index contributed by atoms with van der Waals surface area (Å²) >= 11 is 11.4. The van der Waals surface area contributed by atoms with Crippen molar-refractivity contribution in [3.8, 4) is 0 Å². The minimum absolute atomic E-state index is 0.287. The molecule has 1 aromatic rings. The van der Waals surface area contributed by atoms with Gasteiger partial charge in [-0.05, 0) is 25.0 Å². The summed E-state index contributed by atoms with van der Waals surface area (Å²) in [5.41, 5.74) is 0.506. The van der Waals surface area contributed by atoms with Crippen LogP contribution in [0.15, 0.2) is 29.8 Å². The number of halogens is 3. The second-order valence-electron chi connectivity index (χ2n) is 2.72. The molecule has 0 atom stereocenters. The van der Waals surface area contributed by atoms with Gasteiger partial charge in [-0.15, -0.1) is 0 Å². The predicted octanol–water partition coefficient (Wildman–Crippen LogP) is 4.16. The molecule has 70 valence electrons. The van der Waals surface area contributed by atoms with Gasteiger partial charge in [0, 0.05) is 15.6 Å². The Kier molecular flexibility index (Phi) is 3.76. The molecule has 0 spiro atoms. The molecule has 0 aromatic heterocycles. The van der Waals surface area contributed by atoms with Crippen molar-refractivity contribution in [2.24, 2.45) is 0 Å². The van der Waals surface area contributed by atoms with E-state index in [0.717, 1.165) is 0 Å². The first-order chi connectivity index (χ1) is 6.11. The zero-order valence-electron chi connectivity index (χ0n) is 6.99. The second-order valence-corrected chi connectivity index (χ2v) is 3.66. The molecule has 13 heavy (non-hydrogen) atoms. The SMILES string of the molecule is C=C(Cl)CCc1c(F)cccc1Cl. The van der Waals surface area contributed by atoms with Gasteiger partial charge in [-0.3, -0.25) is 0 Å². The van der Waals surface area contributed by atoms with Gasteiger partial charge in [0.05, 0.1) is 0 Å². The topological polar surface area (TPSA) is 0 Å². The van der Waals surface area contributed by atoms with Crippen LogP contribution in [0.25, 0.3) is 0 Å². The van der Waals surface area contributed by atoms with Crippen LogP contribution in [0.1, 0.15) is 12.0 Å². The molecule has 0 fully saturated rings. The molecular weight excluding hydrogens is 210 g/mol. The number of hydrogen-bond acceptors (Lipinski definition) is 0. The molecule has 0 nitrogen and oxygen atoms in total. The van der Waals surface area contributed by atoms with Crippen LogP contribution in [0.4, 0.5) is 4.39 Å². The third kappa shape index (κ3) is 3.02. The zero-order chi connectivity index (χ0) is 9.84. The first kappa shape index (κ1) is 10.6. The molecule has 1 aromatic carbocycles. The average molecular weight is 219 g/mol. The Morgan fingerprint density at radius 3 is 2.69 bits per heavy atom. The van der Waals surface area contributed by atoms with E-state index in [4.69, 9.17) is 23.2 Å². The summed E-state index contributed by atoms with van der Waals surface area (Å²) in [6.07, 6.45) is 1.04. The van der Waals surface area contributed by atoms with E-state index in [0.29, 0.717) is 28.5 Å². The van der Waals surface area contributed by atoms with E-state index >= 15 is 0 Å². The van der Waals surface area contributed by atoms with E-state index in [1.54, 1.807) is 12.1 Å². The molecule has 0 N–H and O–H groups in total. The number of hydrogen-bond donors (Lipinski definition) is 0. The highest BCUT2D eigenvalue weighted by molar-refractivity contribution is 6.31. The van der Waals surface area contributed by atoms with E-state index in [1.807, 2.05) is 0 Å². The molecule has 0 heterocycles. The van der Waals surface area contributed by atoms with Crippen molar-refractivity contribution >= 4 is 23.2 Å². The average Bonchev–Trinajstić information content (AvgIpc) is 2.03. The first-order valence-corrected chi connectivity index (χ1v) is 4.63. The van der Waals surface area contributed by atoms with Crippen molar-refractivity contribution in [2.75, 3.05) is 0 Å². The lowest BCUT2D eigenvalue weighted by molar-refractivity contribution is 0.609. The fourth-order valence-corrected chi connectivity index (χ4v) is 1.38. The van der Waals surface area contributed by atoms with Gasteiger partial charge in [0.15, 0.2) is 0 Å². The van der Waals surface area contributed by atoms with Crippen molar-refractivity contribution < 1.29 is 4.39 Å². The van der Waals surface area contributed by atoms with Crippen LogP contribution in [0, 0.1) is 5.82 Å². The molecule has 0 saturated heterocycles. The first-order valence-electron chi connectivity index (χ1n) is 3.87. The molecule has 0 radical (unpaired) electrons. The Labute approximate surface area is 87.0 Å². The van der Waals surface area contributed by atoms with Crippen LogP contribution >= 0.6 is 23.2 Å². The van der Waals surface area contributed by atoms with Crippen molar-refractivity contribution in [1.82, 2.24) is 0 Å². The van der Waals surface area contributed by atoms with Gasteiger partial charge in [0.2, 0.25) is 0 Å². The maximum Gasteiger partial charge on any atom is 0.127 e. The third-order valence-corrected chi connectivity index (χ3v) is 2.25. The van der Waals surface area contributed by atoms with Crippen molar-refractivity contribution in [1.29, 1.82) is 0 Å². The van der Waals surface area contributed by atoms with Gasteiger partial charge >= 0.3 is 0 Å². The zero-order valence-corrected chi connectivity index (χ0v) is 8.50. The summed E-state index contributed by atoms with van der Waals surface area (Å²) in [6, 6.07) is 4.63. The molecule has 1 rings (SSSR count). The summed E-state index contributed by atoms with van der Waals surface area (Å²) in [6.45, 7) is 3.53. The van der Waals surface area contributed by atoms with E-state index in [2.05, 4.69) is 6.58 Å². The monoisotopic (exact) mass is 218 g/mol. The lowest BCUT2D eigenvalue weighted by Crippen LogP contribution is -1.91. The van der Waals surface area contributed by atoms with Crippen LogP contribution in [0.5, 0.6) is 0 Å². The summed E-state index contributed by atoms with van der Waals surface area (Å²) in [7, 11) is 0. The molecular formula is C10H9Cl2F. The van der Waals surface area contributed by atoms with Crippen molar-refractivity contribution in [3.05, 3.63) is 46.2 Å². The van der Waals surface area contributed by atoms with Gasteiger partial charge < -0.3 is 0 Å².